The van der Waals surface area contributed by atoms with Gasteiger partial charge in [0.1, 0.15) is 0 Å². The van der Waals surface area contributed by atoms with Gasteiger partial charge in [0.2, 0.25) is 0 Å². The zero-order chi connectivity index (χ0) is 21.8. The summed E-state index contributed by atoms with van der Waals surface area (Å²) in [6, 6.07) is 27.0. The Morgan fingerprint density at radius 1 is 0.516 bits per heavy atom. The fraction of sp³-hybridized carbons (Fsp3) is 0.286. The molecule has 0 spiro atoms. The molecular weight excluding hydrogens is 395 g/mol. The number of benzene rings is 4. The van der Waals surface area contributed by atoms with E-state index in [1.807, 2.05) is 0 Å². The van der Waals surface area contributed by atoms with E-state index in [0.29, 0.717) is 8.58 Å². The number of hydrogen-bond acceptors (Lipinski definition) is 2. The molecule has 4 aromatic rings. The van der Waals surface area contributed by atoms with Crippen molar-refractivity contribution in [3.63, 3.8) is 0 Å². The molecule has 3 heteroatoms. The van der Waals surface area contributed by atoms with E-state index in [4.69, 9.17) is 0 Å². The van der Waals surface area contributed by atoms with Crippen LogP contribution in [0.2, 0.25) is 0 Å². The normalized spacial score (nSPS) is 11.2. The monoisotopic (exact) mass is 428 g/mol. The van der Waals surface area contributed by atoms with Crippen LogP contribution in [0.15, 0.2) is 72.8 Å². The van der Waals surface area contributed by atoms with E-state index in [9.17, 15) is 0 Å². The van der Waals surface area contributed by atoms with Gasteiger partial charge in [0.15, 0.2) is 0 Å². The first-order valence-electron chi connectivity index (χ1n) is 11.5. The van der Waals surface area contributed by atoms with Gasteiger partial charge in [0.05, 0.1) is 0 Å². The van der Waals surface area contributed by atoms with Crippen LogP contribution in [0.5, 0.6) is 0 Å². The van der Waals surface area contributed by atoms with Gasteiger partial charge >= 0.3 is 0 Å². The number of rotatable bonds is 8. The lowest BCUT2D eigenvalue weighted by Gasteiger charge is -2.25. The average molecular weight is 429 g/mol. The van der Waals surface area contributed by atoms with Gasteiger partial charge in [-0.1, -0.05) is 69.2 Å². The van der Waals surface area contributed by atoms with E-state index < -0.39 is 0 Å². The molecule has 0 amide bonds. The summed E-state index contributed by atoms with van der Waals surface area (Å²) < 4.78 is 0. The van der Waals surface area contributed by atoms with E-state index in [0.717, 1.165) is 26.2 Å². The highest BCUT2D eigenvalue weighted by molar-refractivity contribution is 7.56. The Labute approximate surface area is 188 Å². The highest BCUT2D eigenvalue weighted by Gasteiger charge is 2.15. The number of fused-ring (bicyclic) bond motifs is 2. The summed E-state index contributed by atoms with van der Waals surface area (Å²) in [4.78, 5) is 4.95. The Balaban J connectivity index is 1.91. The third-order valence-electron chi connectivity index (χ3n) is 6.24. The third-order valence-corrected chi connectivity index (χ3v) is 7.62. The molecule has 160 valence electrons. The second-order valence-electron chi connectivity index (χ2n) is 7.83. The highest BCUT2D eigenvalue weighted by Crippen LogP contribution is 2.33. The molecule has 0 radical (unpaired) electrons. The quantitative estimate of drug-likeness (QED) is 0.303. The number of nitrogens with zero attached hydrogens (tertiary/aromatic N) is 2. The summed E-state index contributed by atoms with van der Waals surface area (Å²) in [6.07, 6.45) is 0. The lowest BCUT2D eigenvalue weighted by atomic mass is 10.1. The maximum Gasteiger partial charge on any atom is 0.0452 e. The Hall–Kier alpha value is -2.57. The minimum atomic E-state index is 0.615. The van der Waals surface area contributed by atoms with Crippen LogP contribution in [0.4, 0.5) is 11.4 Å². The van der Waals surface area contributed by atoms with Crippen molar-refractivity contribution >= 4 is 52.1 Å². The molecule has 0 aliphatic carbocycles. The maximum absolute atomic E-state index is 2.47. The summed E-state index contributed by atoms with van der Waals surface area (Å²) in [5, 5.41) is 8.34. The van der Waals surface area contributed by atoms with Gasteiger partial charge in [0, 0.05) is 48.3 Å². The molecule has 0 atom stereocenters. The van der Waals surface area contributed by atoms with Crippen molar-refractivity contribution in [1.29, 1.82) is 0 Å². The van der Waals surface area contributed by atoms with Gasteiger partial charge in [-0.3, -0.25) is 0 Å². The predicted octanol–water partition coefficient (Wildman–Crippen LogP) is 6.31. The third kappa shape index (κ3) is 4.14. The van der Waals surface area contributed by atoms with Crippen LogP contribution in [-0.4, -0.2) is 26.2 Å². The molecule has 0 aromatic heterocycles. The van der Waals surface area contributed by atoms with Gasteiger partial charge < -0.3 is 9.80 Å². The van der Waals surface area contributed by atoms with Gasteiger partial charge in [0.25, 0.3) is 0 Å². The Kier molecular flexibility index (Phi) is 6.78. The first-order valence-corrected chi connectivity index (χ1v) is 12.5. The molecule has 0 aliphatic rings. The largest absolute Gasteiger partial charge is 0.372 e. The molecular formula is C28H33N2P. The first kappa shape index (κ1) is 21.7. The smallest absolute Gasteiger partial charge is 0.0452 e. The molecule has 2 nitrogen and oxygen atoms in total. The van der Waals surface area contributed by atoms with Gasteiger partial charge in [-0.05, 0) is 61.2 Å². The van der Waals surface area contributed by atoms with Crippen LogP contribution in [0.25, 0.3) is 21.5 Å². The summed E-state index contributed by atoms with van der Waals surface area (Å²) in [5.74, 6) is 0. The number of hydrogen-bond donors (Lipinski definition) is 0. The van der Waals surface area contributed by atoms with Crippen molar-refractivity contribution in [1.82, 2.24) is 0 Å². The van der Waals surface area contributed by atoms with E-state index in [1.54, 1.807) is 0 Å². The summed E-state index contributed by atoms with van der Waals surface area (Å²) in [7, 11) is 0.615. The molecule has 0 bridgehead atoms. The fourth-order valence-corrected chi connectivity index (χ4v) is 6.10. The lowest BCUT2D eigenvalue weighted by Crippen LogP contribution is -2.24. The first-order chi connectivity index (χ1) is 15.2. The molecule has 0 aliphatic heterocycles. The van der Waals surface area contributed by atoms with Crippen molar-refractivity contribution < 1.29 is 0 Å². The van der Waals surface area contributed by atoms with Crippen LogP contribution in [0.3, 0.4) is 0 Å². The van der Waals surface area contributed by atoms with Crippen LogP contribution in [0.1, 0.15) is 27.7 Å². The van der Waals surface area contributed by atoms with Crippen LogP contribution in [-0.2, 0) is 0 Å². The Morgan fingerprint density at radius 2 is 0.871 bits per heavy atom. The average Bonchev–Trinajstić information content (AvgIpc) is 2.81. The van der Waals surface area contributed by atoms with Crippen LogP contribution >= 0.6 is 8.58 Å². The minimum absolute atomic E-state index is 0.615. The predicted molar refractivity (Wildman–Crippen MR) is 143 cm³/mol. The van der Waals surface area contributed by atoms with Gasteiger partial charge in [-0.2, -0.15) is 0 Å². The van der Waals surface area contributed by atoms with E-state index in [-0.39, 0.29) is 0 Å². The molecule has 0 heterocycles. The Morgan fingerprint density at radius 3 is 1.23 bits per heavy atom. The van der Waals surface area contributed by atoms with E-state index in [1.165, 1.54) is 43.5 Å². The summed E-state index contributed by atoms with van der Waals surface area (Å²) in [5.41, 5.74) is 2.71. The lowest BCUT2D eigenvalue weighted by molar-refractivity contribution is 0.871. The molecule has 0 N–H and O–H groups in total. The van der Waals surface area contributed by atoms with E-state index in [2.05, 4.69) is 110 Å². The maximum atomic E-state index is 2.47. The fourth-order valence-electron chi connectivity index (χ4n) is 4.65. The van der Waals surface area contributed by atoms with E-state index >= 15 is 0 Å². The molecule has 0 saturated carbocycles. The van der Waals surface area contributed by atoms with Crippen molar-refractivity contribution in [3.05, 3.63) is 72.8 Å². The molecule has 31 heavy (non-hydrogen) atoms. The molecule has 4 aromatic carbocycles. The van der Waals surface area contributed by atoms with Gasteiger partial charge in [-0.15, -0.1) is 0 Å². The Bertz CT molecular complexity index is 1070. The SMILES string of the molecule is CCN(CC)c1cccc2cccc(Pc3cccc4cccc(N(CC)CC)c34)c12. The summed E-state index contributed by atoms with van der Waals surface area (Å²) >= 11 is 0. The minimum Gasteiger partial charge on any atom is -0.372 e. The van der Waals surface area contributed by atoms with Crippen LogP contribution < -0.4 is 20.4 Å². The van der Waals surface area contributed by atoms with Crippen LogP contribution in [0, 0.1) is 0 Å². The second-order valence-corrected chi connectivity index (χ2v) is 9.16. The zero-order valence-electron chi connectivity index (χ0n) is 19.2. The topological polar surface area (TPSA) is 6.48 Å². The summed E-state index contributed by atoms with van der Waals surface area (Å²) in [6.45, 7) is 13.1. The zero-order valence-corrected chi connectivity index (χ0v) is 20.2. The van der Waals surface area contributed by atoms with Crippen molar-refractivity contribution in [2.45, 2.75) is 27.7 Å². The standard InChI is InChI=1S/C28H33N2P/c1-5-29(6-2)23-17-9-13-21-15-11-19-25(27(21)23)31-26-20-12-16-22-14-10-18-24(28(22)26)30(7-3)8-4/h9-20,31H,5-8H2,1-4H3. The second kappa shape index (κ2) is 9.71. The molecule has 0 saturated heterocycles. The van der Waals surface area contributed by atoms with Gasteiger partial charge in [-0.25, -0.2) is 0 Å². The number of anilines is 2. The molecule has 0 unspecified atom stereocenters. The molecule has 0 fully saturated rings. The highest BCUT2D eigenvalue weighted by atomic mass is 31.1. The van der Waals surface area contributed by atoms with Crippen molar-refractivity contribution in [2.24, 2.45) is 0 Å². The molecule has 4 rings (SSSR count). The van der Waals surface area contributed by atoms with Crippen molar-refractivity contribution in [2.75, 3.05) is 36.0 Å². The van der Waals surface area contributed by atoms with Crippen molar-refractivity contribution in [3.8, 4) is 0 Å².